The van der Waals surface area contributed by atoms with Gasteiger partial charge < -0.3 is 40.4 Å². The summed E-state index contributed by atoms with van der Waals surface area (Å²) in [5, 5.41) is 44.0. The summed E-state index contributed by atoms with van der Waals surface area (Å²) in [5.41, 5.74) is 8.26. The molecule has 0 fully saturated rings. The number of aliphatic carboxylic acids is 1. The van der Waals surface area contributed by atoms with Gasteiger partial charge in [0.25, 0.3) is 5.91 Å². The number of aromatic nitrogens is 4. The van der Waals surface area contributed by atoms with Crippen molar-refractivity contribution in [3.05, 3.63) is 68.8 Å². The Morgan fingerprint density at radius 1 is 0.980 bits per heavy atom. The molecule has 3 atom stereocenters. The summed E-state index contributed by atoms with van der Waals surface area (Å²) in [6.45, 7) is 9.38. The Hall–Kier alpha value is -4.85. The second kappa shape index (κ2) is 15.0. The van der Waals surface area contributed by atoms with Crippen LogP contribution in [0.2, 0.25) is 0 Å². The van der Waals surface area contributed by atoms with Gasteiger partial charge in [-0.1, -0.05) is 13.8 Å². The summed E-state index contributed by atoms with van der Waals surface area (Å²) >= 11 is 0. The average molecular weight is 688 g/mol. The highest BCUT2D eigenvalue weighted by atomic mass is 16.5. The number of ether oxygens (including phenoxy) is 1. The van der Waals surface area contributed by atoms with Gasteiger partial charge in [0, 0.05) is 70.3 Å². The summed E-state index contributed by atoms with van der Waals surface area (Å²) in [6, 6.07) is 5.61. The third-order valence-electron chi connectivity index (χ3n) is 9.92. The van der Waals surface area contributed by atoms with E-state index in [9.17, 15) is 34.8 Å². The molecule has 3 aromatic heterocycles. The number of allylic oxidation sites excluding steroid dienone is 1. The second-order valence-electron chi connectivity index (χ2n) is 12.8. The van der Waals surface area contributed by atoms with Crippen LogP contribution in [0.4, 0.5) is 0 Å². The topological polar surface area (TPSA) is 211 Å². The number of carboxylic acid groups (broad SMARTS) is 1. The first-order chi connectivity index (χ1) is 23.9. The number of aliphatic hydroxyl groups is 3. The molecule has 13 heteroatoms. The van der Waals surface area contributed by atoms with Crippen molar-refractivity contribution >= 4 is 51.1 Å². The number of carbonyl (C=O) groups is 3. The summed E-state index contributed by atoms with van der Waals surface area (Å²) in [6.07, 6.45) is -1.02. The molecule has 0 aromatic carbocycles. The highest BCUT2D eigenvalue weighted by molar-refractivity contribution is 6.27. The van der Waals surface area contributed by atoms with E-state index in [-0.39, 0.29) is 61.0 Å². The average Bonchev–Trinajstić information content (AvgIpc) is 3.76. The van der Waals surface area contributed by atoms with Gasteiger partial charge in [-0.3, -0.25) is 14.6 Å². The number of carbonyl (C=O) groups excluding carboxylic acids is 2. The molecule has 266 valence electrons. The number of amides is 1. The van der Waals surface area contributed by atoms with E-state index in [0.29, 0.717) is 46.4 Å². The molecule has 3 aromatic rings. The van der Waals surface area contributed by atoms with Gasteiger partial charge in [0.15, 0.2) is 6.10 Å². The van der Waals surface area contributed by atoms with Gasteiger partial charge in [0.2, 0.25) is 0 Å². The number of aromatic amines is 2. The molecule has 50 heavy (non-hydrogen) atoms. The van der Waals surface area contributed by atoms with Crippen LogP contribution in [-0.2, 0) is 32.1 Å². The van der Waals surface area contributed by atoms with Crippen molar-refractivity contribution in [2.75, 3.05) is 20.3 Å². The lowest BCUT2D eigenvalue weighted by atomic mass is 9.84. The highest BCUT2D eigenvalue weighted by Gasteiger charge is 2.39. The van der Waals surface area contributed by atoms with Crippen LogP contribution in [0, 0.1) is 13.8 Å². The Balaban J connectivity index is 2.02. The maximum absolute atomic E-state index is 13.9. The predicted octanol–water partition coefficient (Wildman–Crippen LogP) is 4.37. The number of nitrogens with zero attached hydrogens (tertiary/aromatic N) is 2. The molecule has 0 spiro atoms. The summed E-state index contributed by atoms with van der Waals surface area (Å²) < 4.78 is 4.98. The minimum absolute atomic E-state index is 0.0294. The molecule has 2 aliphatic rings. The van der Waals surface area contributed by atoms with Crippen LogP contribution in [-0.4, -0.2) is 78.5 Å². The zero-order valence-electron chi connectivity index (χ0n) is 29.2. The molecule has 0 radical (unpaired) electrons. The predicted molar refractivity (Wildman–Crippen MR) is 188 cm³/mol. The zero-order valence-corrected chi connectivity index (χ0v) is 29.2. The zero-order chi connectivity index (χ0) is 36.4. The van der Waals surface area contributed by atoms with Crippen LogP contribution in [0.3, 0.4) is 0 Å². The molecule has 0 saturated heterocycles. The number of aliphatic hydroxyl groups excluding tert-OH is 3. The van der Waals surface area contributed by atoms with E-state index in [1.54, 1.807) is 6.92 Å². The van der Waals surface area contributed by atoms with Gasteiger partial charge in [-0.15, -0.1) is 0 Å². The van der Waals surface area contributed by atoms with Crippen LogP contribution >= 0.6 is 0 Å². The van der Waals surface area contributed by atoms with E-state index >= 15 is 0 Å². The second-order valence-corrected chi connectivity index (χ2v) is 12.8. The number of esters is 1. The first-order valence-electron chi connectivity index (χ1n) is 16.8. The Labute approximate surface area is 289 Å². The van der Waals surface area contributed by atoms with Crippen molar-refractivity contribution in [2.45, 2.75) is 84.8 Å². The maximum atomic E-state index is 13.9. The SMILES string of the molecule is CCc1c(C)c2cc3[nH]c(cc4nc(c(C(O)C(=O)OC)c5nc(cc1[nH]2)C(C)=C5C(=O)NCCCO)C(CCC(=O)O)C4C)c(C)c3CO. The fourth-order valence-electron chi connectivity index (χ4n) is 7.01. The number of hydrogen-bond donors (Lipinski definition) is 7. The molecule has 13 nitrogen and oxygen atoms in total. The van der Waals surface area contributed by atoms with Gasteiger partial charge in [0.05, 0.1) is 36.4 Å². The third kappa shape index (κ3) is 6.68. The fraction of sp³-hybridized carbons (Fsp3) is 0.432. The standard InChI is InChI=1S/C37H45N5O8/c1-7-21-17(2)25-14-29-23(16-44)19(4)24(40-29)13-26-18(3)22(9-10-30(45)46)33(41-26)32(35(47)37(49)50-6)34-31(36(48)38-11-8-12-43)20(5)27(42-34)15-28(21)39-25/h13-15,18,22,35,39-40,43-44,47H,7-12,16H2,1-6H3,(H,38,48)(H,45,46). The van der Waals surface area contributed by atoms with Gasteiger partial charge in [-0.05, 0) is 80.5 Å². The Morgan fingerprint density at radius 2 is 1.64 bits per heavy atom. The Kier molecular flexibility index (Phi) is 10.9. The number of methoxy groups -OCH3 is 1. The summed E-state index contributed by atoms with van der Waals surface area (Å²) in [5.74, 6) is -3.51. The van der Waals surface area contributed by atoms with E-state index in [0.717, 1.165) is 34.8 Å². The first-order valence-corrected chi connectivity index (χ1v) is 16.8. The van der Waals surface area contributed by atoms with Crippen LogP contribution in [0.25, 0.3) is 33.2 Å². The van der Waals surface area contributed by atoms with Crippen molar-refractivity contribution in [1.29, 1.82) is 0 Å². The van der Waals surface area contributed by atoms with Crippen LogP contribution in [0.5, 0.6) is 0 Å². The number of carboxylic acids is 1. The number of H-pyrrole nitrogens is 2. The molecule has 7 N–H and O–H groups in total. The number of fused-ring (bicyclic) bond motifs is 8. The molecule has 8 bridgehead atoms. The van der Waals surface area contributed by atoms with Crippen molar-refractivity contribution in [1.82, 2.24) is 25.3 Å². The van der Waals surface area contributed by atoms with Gasteiger partial charge in [0.1, 0.15) is 0 Å². The lowest BCUT2D eigenvalue weighted by molar-refractivity contribution is -0.150. The normalized spacial score (nSPS) is 16.4. The van der Waals surface area contributed by atoms with Crippen LogP contribution in [0.15, 0.2) is 18.2 Å². The quantitative estimate of drug-likeness (QED) is 0.112. The summed E-state index contributed by atoms with van der Waals surface area (Å²) in [7, 11) is 1.14. The molecule has 3 unspecified atom stereocenters. The number of hydrogen-bond acceptors (Lipinski definition) is 9. The largest absolute Gasteiger partial charge is 0.481 e. The monoisotopic (exact) mass is 687 g/mol. The van der Waals surface area contributed by atoms with E-state index < -0.39 is 29.9 Å². The summed E-state index contributed by atoms with van der Waals surface area (Å²) in [4.78, 5) is 55.7. The lowest BCUT2D eigenvalue weighted by Gasteiger charge is -2.20. The van der Waals surface area contributed by atoms with E-state index in [1.165, 1.54) is 0 Å². The smallest absolute Gasteiger partial charge is 0.339 e. The number of aryl methyl sites for hydroxylation is 3. The Bertz CT molecular complexity index is 2040. The van der Waals surface area contributed by atoms with Gasteiger partial charge >= 0.3 is 11.9 Å². The van der Waals surface area contributed by atoms with Gasteiger partial charge in [-0.25, -0.2) is 9.78 Å². The van der Waals surface area contributed by atoms with Crippen LogP contribution in [0.1, 0.15) is 109 Å². The third-order valence-corrected chi connectivity index (χ3v) is 9.92. The van der Waals surface area contributed by atoms with Crippen molar-refractivity contribution in [2.24, 2.45) is 0 Å². The molecular weight excluding hydrogens is 642 g/mol. The minimum Gasteiger partial charge on any atom is -0.481 e. The van der Waals surface area contributed by atoms with E-state index in [2.05, 4.69) is 15.3 Å². The number of rotatable bonds is 11. The molecule has 1 amide bonds. The molecule has 2 aliphatic heterocycles. The molecular formula is C37H45N5O8. The molecule has 5 heterocycles. The van der Waals surface area contributed by atoms with E-state index in [4.69, 9.17) is 14.7 Å². The van der Waals surface area contributed by atoms with Gasteiger partial charge in [-0.2, -0.15) is 0 Å². The first kappa shape index (κ1) is 36.4. The van der Waals surface area contributed by atoms with E-state index in [1.807, 2.05) is 45.9 Å². The minimum atomic E-state index is -1.91. The Morgan fingerprint density at radius 3 is 2.26 bits per heavy atom. The maximum Gasteiger partial charge on any atom is 0.339 e. The van der Waals surface area contributed by atoms with Crippen molar-refractivity contribution < 1.29 is 39.5 Å². The molecule has 0 aliphatic carbocycles. The molecule has 5 rings (SSSR count). The van der Waals surface area contributed by atoms with Crippen LogP contribution < -0.4 is 5.32 Å². The fourth-order valence-corrected chi connectivity index (χ4v) is 7.01. The molecule has 0 saturated carbocycles. The lowest BCUT2D eigenvalue weighted by Crippen LogP contribution is -2.27. The van der Waals surface area contributed by atoms with Crippen molar-refractivity contribution in [3.63, 3.8) is 0 Å². The highest BCUT2D eigenvalue weighted by Crippen LogP contribution is 2.45. The number of nitrogens with one attached hydrogen (secondary N) is 3. The van der Waals surface area contributed by atoms with Crippen molar-refractivity contribution in [3.8, 4) is 0 Å².